The predicted molar refractivity (Wildman–Crippen MR) is 133 cm³/mol. The Labute approximate surface area is 209 Å². The lowest BCUT2D eigenvalue weighted by Gasteiger charge is -2.46. The van der Waals surface area contributed by atoms with Crippen LogP contribution in [0.5, 0.6) is 0 Å². The van der Waals surface area contributed by atoms with E-state index in [-0.39, 0.29) is 11.4 Å². The van der Waals surface area contributed by atoms with E-state index in [0.29, 0.717) is 22.5 Å². The summed E-state index contributed by atoms with van der Waals surface area (Å²) in [6, 6.07) is 17.5. The van der Waals surface area contributed by atoms with E-state index in [1.807, 2.05) is 0 Å². The van der Waals surface area contributed by atoms with Crippen LogP contribution in [-0.2, 0) is 4.79 Å². The zero-order valence-electron chi connectivity index (χ0n) is 19.4. The number of nitro groups is 2. The fraction of sp³-hybridized carbons (Fsp3) is 0.160. The number of anilines is 1. The first-order valence-corrected chi connectivity index (χ1v) is 11.2. The molecule has 0 aliphatic carbocycles. The molecule has 1 saturated heterocycles. The largest absolute Gasteiger partial charge is 0.330 e. The zero-order valence-corrected chi connectivity index (χ0v) is 19.4. The fourth-order valence-corrected chi connectivity index (χ4v) is 4.98. The Morgan fingerprint density at radius 3 is 1.68 bits per heavy atom. The number of benzene rings is 3. The van der Waals surface area contributed by atoms with Gasteiger partial charge in [0.2, 0.25) is 0 Å². The maximum atomic E-state index is 14.3. The van der Waals surface area contributed by atoms with Crippen molar-refractivity contribution < 1.29 is 19.4 Å². The predicted octanol–water partition coefficient (Wildman–Crippen LogP) is 4.01. The smallest absolute Gasteiger partial charge is 0.315 e. The molecule has 12 nitrogen and oxygen atoms in total. The monoisotopic (exact) mass is 500 g/mol. The fourth-order valence-electron chi connectivity index (χ4n) is 4.98. The van der Waals surface area contributed by atoms with Crippen molar-refractivity contribution in [2.24, 2.45) is 10.5 Å². The molecule has 12 heteroatoms. The summed E-state index contributed by atoms with van der Waals surface area (Å²) >= 11 is 0. The molecular formula is C25H20N6O6. The summed E-state index contributed by atoms with van der Waals surface area (Å²) in [4.78, 5) is 48.5. The zero-order chi connectivity index (χ0) is 26.3. The number of rotatable bonds is 5. The van der Waals surface area contributed by atoms with E-state index in [1.54, 1.807) is 37.3 Å². The molecule has 0 aromatic heterocycles. The van der Waals surface area contributed by atoms with Gasteiger partial charge in [0.1, 0.15) is 5.41 Å². The standard InChI is InChI=1S/C25H20N6O6/c1-15-25(23(32)29(28-15)18-5-3-2-4-6-18)21(16-7-11-19(12-8-16)30(34)35)26-24(33)27-22(25)17-9-13-20(14-10-17)31(36)37/h2-14,21-22H,1H3,(H2,26,27,33). The minimum absolute atomic E-state index is 0.140. The topological polar surface area (TPSA) is 160 Å². The molecule has 0 radical (unpaired) electrons. The number of para-hydroxylation sites is 1. The minimum Gasteiger partial charge on any atom is -0.330 e. The molecule has 5 rings (SSSR count). The average Bonchev–Trinajstić information content (AvgIpc) is 3.16. The van der Waals surface area contributed by atoms with E-state index < -0.39 is 39.3 Å². The van der Waals surface area contributed by atoms with Gasteiger partial charge in [-0.05, 0) is 30.2 Å². The number of hydrazone groups is 1. The van der Waals surface area contributed by atoms with E-state index in [1.165, 1.54) is 53.5 Å². The van der Waals surface area contributed by atoms with Gasteiger partial charge in [-0.3, -0.25) is 25.0 Å². The lowest BCUT2D eigenvalue weighted by molar-refractivity contribution is -0.385. The van der Waals surface area contributed by atoms with Crippen LogP contribution in [0.4, 0.5) is 21.9 Å². The number of carbonyl (C=O) groups is 2. The third kappa shape index (κ3) is 3.75. The van der Waals surface area contributed by atoms with Crippen LogP contribution in [0, 0.1) is 25.6 Å². The molecule has 3 aromatic rings. The van der Waals surface area contributed by atoms with Crippen LogP contribution in [0.1, 0.15) is 30.1 Å². The molecule has 186 valence electrons. The second kappa shape index (κ2) is 8.82. The normalized spacial score (nSPS) is 22.8. The lowest BCUT2D eigenvalue weighted by Crippen LogP contribution is -2.63. The quantitative estimate of drug-likeness (QED) is 0.398. The molecule has 2 heterocycles. The van der Waals surface area contributed by atoms with Gasteiger partial charge < -0.3 is 10.6 Å². The van der Waals surface area contributed by atoms with Crippen molar-refractivity contribution in [2.75, 3.05) is 5.01 Å². The number of non-ortho nitro benzene ring substituents is 2. The molecule has 1 fully saturated rings. The Bertz CT molecular complexity index is 1370. The molecule has 2 unspecified atom stereocenters. The summed E-state index contributed by atoms with van der Waals surface area (Å²) in [6.07, 6.45) is 0. The van der Waals surface area contributed by atoms with Gasteiger partial charge >= 0.3 is 6.03 Å². The Morgan fingerprint density at radius 1 is 0.784 bits per heavy atom. The van der Waals surface area contributed by atoms with Crippen molar-refractivity contribution in [3.05, 3.63) is 110 Å². The average molecular weight is 500 g/mol. The van der Waals surface area contributed by atoms with Crippen molar-refractivity contribution in [2.45, 2.75) is 19.0 Å². The molecule has 2 aliphatic heterocycles. The van der Waals surface area contributed by atoms with Gasteiger partial charge in [0, 0.05) is 24.3 Å². The maximum absolute atomic E-state index is 14.3. The Kier molecular flexibility index (Phi) is 5.63. The van der Waals surface area contributed by atoms with Gasteiger partial charge in [0.05, 0.1) is 33.3 Å². The van der Waals surface area contributed by atoms with Crippen molar-refractivity contribution in [3.8, 4) is 0 Å². The van der Waals surface area contributed by atoms with Crippen LogP contribution in [0.25, 0.3) is 0 Å². The van der Waals surface area contributed by atoms with E-state index in [9.17, 15) is 29.8 Å². The molecule has 1 spiro atoms. The molecule has 3 aromatic carbocycles. The van der Waals surface area contributed by atoms with Gasteiger partial charge in [0.15, 0.2) is 0 Å². The number of hydrogen-bond acceptors (Lipinski definition) is 7. The first kappa shape index (κ1) is 23.6. The highest BCUT2D eigenvalue weighted by Gasteiger charge is 2.63. The number of amides is 3. The summed E-state index contributed by atoms with van der Waals surface area (Å²) < 4.78 is 0. The van der Waals surface area contributed by atoms with Crippen molar-refractivity contribution in [1.82, 2.24) is 10.6 Å². The van der Waals surface area contributed by atoms with Gasteiger partial charge in [-0.15, -0.1) is 0 Å². The highest BCUT2D eigenvalue weighted by molar-refractivity contribution is 6.20. The molecule has 2 N–H and O–H groups in total. The number of hydrogen-bond donors (Lipinski definition) is 2. The maximum Gasteiger partial charge on any atom is 0.315 e. The Balaban J connectivity index is 1.69. The van der Waals surface area contributed by atoms with Crippen LogP contribution in [-0.4, -0.2) is 27.5 Å². The van der Waals surface area contributed by atoms with E-state index in [4.69, 9.17) is 0 Å². The summed E-state index contributed by atoms with van der Waals surface area (Å²) in [5.74, 6) is -0.435. The summed E-state index contributed by atoms with van der Waals surface area (Å²) in [5, 5.41) is 33.9. The third-order valence-electron chi connectivity index (χ3n) is 6.73. The second-order valence-corrected chi connectivity index (χ2v) is 8.69. The SMILES string of the molecule is CC1=NN(c2ccccc2)C(=O)C12C(c1ccc([N+](=O)[O-])cc1)NC(=O)NC2c1ccc([N+](=O)[O-])cc1. The number of urea groups is 1. The Hall–Kier alpha value is -5.13. The summed E-state index contributed by atoms with van der Waals surface area (Å²) in [5.41, 5.74) is 0.0650. The molecule has 2 atom stereocenters. The van der Waals surface area contributed by atoms with Crippen LogP contribution < -0.4 is 15.6 Å². The molecule has 2 aliphatic rings. The molecule has 3 amide bonds. The Morgan fingerprint density at radius 2 is 1.24 bits per heavy atom. The highest BCUT2D eigenvalue weighted by atomic mass is 16.6. The van der Waals surface area contributed by atoms with Crippen molar-refractivity contribution in [3.63, 3.8) is 0 Å². The van der Waals surface area contributed by atoms with Crippen molar-refractivity contribution in [1.29, 1.82) is 0 Å². The van der Waals surface area contributed by atoms with Crippen LogP contribution in [0.15, 0.2) is 84.0 Å². The van der Waals surface area contributed by atoms with Crippen molar-refractivity contribution >= 4 is 34.7 Å². The van der Waals surface area contributed by atoms with Crippen LogP contribution in [0.2, 0.25) is 0 Å². The molecule has 0 saturated carbocycles. The van der Waals surface area contributed by atoms with E-state index in [2.05, 4.69) is 15.7 Å². The number of carbonyl (C=O) groups excluding carboxylic acids is 2. The number of nitro benzene ring substituents is 2. The van der Waals surface area contributed by atoms with Gasteiger partial charge in [0.25, 0.3) is 17.3 Å². The third-order valence-corrected chi connectivity index (χ3v) is 6.73. The lowest BCUT2D eigenvalue weighted by atomic mass is 9.65. The highest BCUT2D eigenvalue weighted by Crippen LogP contribution is 2.52. The minimum atomic E-state index is -1.49. The number of nitrogens with one attached hydrogen (secondary N) is 2. The number of nitrogens with zero attached hydrogens (tertiary/aromatic N) is 4. The van der Waals surface area contributed by atoms with Crippen LogP contribution in [0.3, 0.4) is 0 Å². The summed E-state index contributed by atoms with van der Waals surface area (Å²) in [7, 11) is 0. The van der Waals surface area contributed by atoms with Crippen LogP contribution >= 0.6 is 0 Å². The first-order valence-electron chi connectivity index (χ1n) is 11.2. The molecule has 37 heavy (non-hydrogen) atoms. The molecular weight excluding hydrogens is 480 g/mol. The van der Waals surface area contributed by atoms with Gasteiger partial charge in [-0.2, -0.15) is 10.1 Å². The van der Waals surface area contributed by atoms with Gasteiger partial charge in [-0.25, -0.2) is 4.79 Å². The van der Waals surface area contributed by atoms with Gasteiger partial charge in [-0.1, -0.05) is 42.5 Å². The second-order valence-electron chi connectivity index (χ2n) is 8.69. The first-order chi connectivity index (χ1) is 17.7. The van der Waals surface area contributed by atoms with E-state index >= 15 is 0 Å². The van der Waals surface area contributed by atoms with E-state index in [0.717, 1.165) is 0 Å². The molecule has 0 bridgehead atoms. The summed E-state index contributed by atoms with van der Waals surface area (Å²) in [6.45, 7) is 1.68.